The van der Waals surface area contributed by atoms with Gasteiger partial charge in [0.15, 0.2) is 11.5 Å². The van der Waals surface area contributed by atoms with Crippen LogP contribution in [0.15, 0.2) is 6.07 Å². The maximum Gasteiger partial charge on any atom is 0.356 e. The number of esters is 1. The number of methoxy groups -OCH3 is 2. The number of carbonyl (C=O) groups excluding carboxylic acids is 1. The van der Waals surface area contributed by atoms with Gasteiger partial charge in [0.05, 0.1) is 14.2 Å². The van der Waals surface area contributed by atoms with Crippen LogP contribution in [0.5, 0.6) is 5.75 Å². The molecule has 1 atom stereocenters. The minimum absolute atomic E-state index is 0.267. The molecule has 6 nitrogen and oxygen atoms in total. The molecular formula is C12H15N3O3. The summed E-state index contributed by atoms with van der Waals surface area (Å²) in [4.78, 5) is 18.1. The van der Waals surface area contributed by atoms with Gasteiger partial charge in [-0.05, 0) is 6.42 Å². The maximum atomic E-state index is 11.6. The van der Waals surface area contributed by atoms with Gasteiger partial charge in [-0.1, -0.05) is 0 Å². The Morgan fingerprint density at radius 2 is 2.39 bits per heavy atom. The number of aromatic nitrogens is 1. The number of fused-ring (bicyclic) bond motifs is 4. The Morgan fingerprint density at radius 1 is 1.56 bits per heavy atom. The molecule has 0 amide bonds. The summed E-state index contributed by atoms with van der Waals surface area (Å²) in [5.41, 5.74) is 1.21. The molecule has 2 aliphatic rings. The SMILES string of the molecule is COC(=O)c1cc(OC)c2c(n1)NC1CCN2C1. The van der Waals surface area contributed by atoms with Crippen molar-refractivity contribution in [1.29, 1.82) is 0 Å². The van der Waals surface area contributed by atoms with Crippen LogP contribution in [-0.2, 0) is 4.74 Å². The Hall–Kier alpha value is -1.98. The van der Waals surface area contributed by atoms with E-state index in [1.807, 2.05) is 0 Å². The van der Waals surface area contributed by atoms with Crippen LogP contribution >= 0.6 is 0 Å². The Bertz CT molecular complexity index is 504. The molecule has 0 radical (unpaired) electrons. The van der Waals surface area contributed by atoms with Crippen molar-refractivity contribution in [2.45, 2.75) is 12.5 Å². The van der Waals surface area contributed by atoms with E-state index in [1.165, 1.54) is 7.11 Å². The van der Waals surface area contributed by atoms with Crippen LogP contribution in [0.25, 0.3) is 0 Å². The minimum Gasteiger partial charge on any atom is -0.494 e. The molecule has 0 saturated carbocycles. The van der Waals surface area contributed by atoms with E-state index in [4.69, 9.17) is 9.47 Å². The Balaban J connectivity index is 2.10. The average molecular weight is 249 g/mol. The van der Waals surface area contributed by atoms with Crippen LogP contribution < -0.4 is 15.0 Å². The van der Waals surface area contributed by atoms with Crippen molar-refractivity contribution in [3.63, 3.8) is 0 Å². The molecule has 6 heteroatoms. The second-order valence-corrected chi connectivity index (χ2v) is 4.47. The van der Waals surface area contributed by atoms with E-state index in [-0.39, 0.29) is 5.69 Å². The van der Waals surface area contributed by atoms with Gasteiger partial charge >= 0.3 is 5.97 Å². The first kappa shape index (κ1) is 11.1. The number of ether oxygens (including phenoxy) is 2. The molecule has 96 valence electrons. The molecule has 1 aromatic rings. The van der Waals surface area contributed by atoms with Gasteiger partial charge in [0.2, 0.25) is 0 Å². The average Bonchev–Trinajstić information content (AvgIpc) is 2.78. The lowest BCUT2D eigenvalue weighted by Gasteiger charge is -2.29. The van der Waals surface area contributed by atoms with E-state index < -0.39 is 5.97 Å². The molecule has 3 rings (SSSR count). The van der Waals surface area contributed by atoms with Gasteiger partial charge in [0.1, 0.15) is 11.4 Å². The van der Waals surface area contributed by atoms with Crippen molar-refractivity contribution >= 4 is 17.5 Å². The number of carbonyl (C=O) groups is 1. The monoisotopic (exact) mass is 249 g/mol. The lowest BCUT2D eigenvalue weighted by atomic mass is 10.2. The van der Waals surface area contributed by atoms with Crippen LogP contribution in [0.4, 0.5) is 11.5 Å². The third-order valence-electron chi connectivity index (χ3n) is 3.42. The first-order valence-corrected chi connectivity index (χ1v) is 5.91. The topological polar surface area (TPSA) is 63.7 Å². The zero-order chi connectivity index (χ0) is 12.7. The third kappa shape index (κ3) is 1.56. The number of nitrogens with one attached hydrogen (secondary N) is 1. The van der Waals surface area contributed by atoms with Crippen LogP contribution in [0.1, 0.15) is 16.9 Å². The summed E-state index contributed by atoms with van der Waals surface area (Å²) in [7, 11) is 2.94. The van der Waals surface area contributed by atoms with E-state index in [0.717, 1.165) is 25.2 Å². The second-order valence-electron chi connectivity index (χ2n) is 4.47. The fourth-order valence-electron chi connectivity index (χ4n) is 2.56. The minimum atomic E-state index is -0.453. The van der Waals surface area contributed by atoms with Crippen LogP contribution in [0.3, 0.4) is 0 Å². The van der Waals surface area contributed by atoms with E-state index in [2.05, 4.69) is 15.2 Å². The van der Waals surface area contributed by atoms with Gasteiger partial charge in [-0.2, -0.15) is 0 Å². The number of hydrogen-bond donors (Lipinski definition) is 1. The fourth-order valence-corrected chi connectivity index (χ4v) is 2.56. The molecule has 1 saturated heterocycles. The van der Waals surface area contributed by atoms with Crippen LogP contribution in [0.2, 0.25) is 0 Å². The summed E-state index contributed by atoms with van der Waals surface area (Å²) in [5, 5.41) is 3.34. The summed E-state index contributed by atoms with van der Waals surface area (Å²) in [6.45, 7) is 1.95. The standard InChI is InChI=1S/C12H15N3O3/c1-17-9-5-8(12(16)18-2)14-11-10(9)15-4-3-7(6-15)13-11/h5,7H,3-4,6H2,1-2H3,(H,13,14). The number of pyridine rings is 1. The molecule has 18 heavy (non-hydrogen) atoms. The fraction of sp³-hybridized carbons (Fsp3) is 0.500. The molecular weight excluding hydrogens is 234 g/mol. The molecule has 1 unspecified atom stereocenters. The molecule has 0 aliphatic carbocycles. The molecule has 1 N–H and O–H groups in total. The van der Waals surface area contributed by atoms with Crippen molar-refractivity contribution in [3.05, 3.63) is 11.8 Å². The molecule has 3 heterocycles. The molecule has 2 bridgehead atoms. The van der Waals surface area contributed by atoms with Crippen molar-refractivity contribution in [2.24, 2.45) is 0 Å². The largest absolute Gasteiger partial charge is 0.494 e. The first-order chi connectivity index (χ1) is 8.72. The van der Waals surface area contributed by atoms with E-state index in [1.54, 1.807) is 13.2 Å². The predicted molar refractivity (Wildman–Crippen MR) is 66.4 cm³/mol. The molecule has 1 fully saturated rings. The zero-order valence-electron chi connectivity index (χ0n) is 10.4. The van der Waals surface area contributed by atoms with E-state index >= 15 is 0 Å². The zero-order valence-corrected chi connectivity index (χ0v) is 10.4. The third-order valence-corrected chi connectivity index (χ3v) is 3.42. The first-order valence-electron chi connectivity index (χ1n) is 5.91. The smallest absolute Gasteiger partial charge is 0.356 e. The maximum absolute atomic E-state index is 11.6. The molecule has 1 aromatic heterocycles. The molecule has 0 aromatic carbocycles. The highest BCUT2D eigenvalue weighted by molar-refractivity contribution is 5.91. The van der Waals surface area contributed by atoms with Crippen LogP contribution in [0, 0.1) is 0 Å². The van der Waals surface area contributed by atoms with Crippen molar-refractivity contribution in [3.8, 4) is 5.75 Å². The summed E-state index contributed by atoms with van der Waals surface area (Å²) >= 11 is 0. The highest BCUT2D eigenvalue weighted by Gasteiger charge is 2.34. The van der Waals surface area contributed by atoms with Gasteiger partial charge in [0.25, 0.3) is 0 Å². The van der Waals surface area contributed by atoms with Gasteiger partial charge < -0.3 is 19.7 Å². The quantitative estimate of drug-likeness (QED) is 0.785. The normalized spacial score (nSPS) is 20.1. The van der Waals surface area contributed by atoms with Crippen molar-refractivity contribution < 1.29 is 14.3 Å². The number of nitrogens with zero attached hydrogens (tertiary/aromatic N) is 2. The van der Waals surface area contributed by atoms with Gasteiger partial charge in [-0.15, -0.1) is 0 Å². The summed E-state index contributed by atoms with van der Waals surface area (Å²) in [6.07, 6.45) is 1.08. The highest BCUT2D eigenvalue weighted by atomic mass is 16.5. The van der Waals surface area contributed by atoms with Gasteiger partial charge in [-0.3, -0.25) is 0 Å². The lowest BCUT2D eigenvalue weighted by Crippen LogP contribution is -2.33. The molecule has 2 aliphatic heterocycles. The van der Waals surface area contributed by atoms with Crippen molar-refractivity contribution in [2.75, 3.05) is 37.5 Å². The predicted octanol–water partition coefficient (Wildman–Crippen LogP) is 0.881. The summed E-state index contributed by atoms with van der Waals surface area (Å²) < 4.78 is 10.1. The highest BCUT2D eigenvalue weighted by Crippen LogP contribution is 2.41. The van der Waals surface area contributed by atoms with Gasteiger partial charge in [-0.25, -0.2) is 9.78 Å². The summed E-state index contributed by atoms with van der Waals surface area (Å²) in [5.74, 6) is 0.919. The van der Waals surface area contributed by atoms with E-state index in [0.29, 0.717) is 17.6 Å². The van der Waals surface area contributed by atoms with Gasteiger partial charge in [0, 0.05) is 25.2 Å². The number of hydrogen-bond acceptors (Lipinski definition) is 6. The van der Waals surface area contributed by atoms with Crippen molar-refractivity contribution in [1.82, 2.24) is 4.98 Å². The Labute approximate surface area is 105 Å². The van der Waals surface area contributed by atoms with E-state index in [9.17, 15) is 4.79 Å². The number of rotatable bonds is 2. The molecule has 0 spiro atoms. The number of anilines is 2. The lowest BCUT2D eigenvalue weighted by molar-refractivity contribution is 0.0594. The Morgan fingerprint density at radius 3 is 3.11 bits per heavy atom. The Kier molecular flexibility index (Phi) is 2.50. The second kappa shape index (κ2) is 4.04. The van der Waals surface area contributed by atoms with Crippen LogP contribution in [-0.4, -0.2) is 44.3 Å². The summed E-state index contributed by atoms with van der Waals surface area (Å²) in [6, 6.07) is 2.04.